The second kappa shape index (κ2) is 14.4. The lowest BCUT2D eigenvalue weighted by Gasteiger charge is -2.42. The molecule has 2 fully saturated rings. The monoisotopic (exact) mass is 640 g/mol. The van der Waals surface area contributed by atoms with Gasteiger partial charge >= 0.3 is 12.0 Å². The Morgan fingerprint density at radius 1 is 1.11 bits per heavy atom. The molecule has 3 aliphatic rings. The van der Waals surface area contributed by atoms with Crippen molar-refractivity contribution in [1.82, 2.24) is 20.4 Å². The molecule has 2 amide bonds. The van der Waals surface area contributed by atoms with Gasteiger partial charge in [0.05, 0.1) is 42.3 Å². The maximum Gasteiger partial charge on any atom is 0.338 e. The molecule has 2 aromatic rings. The highest BCUT2D eigenvalue weighted by molar-refractivity contribution is 5.92. The molecule has 0 spiro atoms. The molecule has 0 saturated carbocycles. The molecule has 0 radical (unpaired) electrons. The van der Waals surface area contributed by atoms with Crippen LogP contribution in [0.25, 0.3) is 0 Å². The number of halogens is 2. The summed E-state index contributed by atoms with van der Waals surface area (Å²) in [4.78, 5) is 32.3. The highest BCUT2D eigenvalue weighted by Gasteiger charge is 2.45. The van der Waals surface area contributed by atoms with Crippen molar-refractivity contribution in [2.24, 2.45) is 5.92 Å². The third-order valence-electron chi connectivity index (χ3n) is 8.99. The number of para-hydroxylation sites is 1. The minimum absolute atomic E-state index is 0.0279. The van der Waals surface area contributed by atoms with Gasteiger partial charge in [0.15, 0.2) is 11.6 Å². The van der Waals surface area contributed by atoms with E-state index in [2.05, 4.69) is 26.5 Å². The zero-order valence-electron chi connectivity index (χ0n) is 25.7. The zero-order valence-corrected chi connectivity index (χ0v) is 25.7. The standard InChI is InChI=1S/C32H38F2N6O6/c1-45-18-26-28(30(42)46-2)29(19-7-8-23(33)24(34)13-19)40(32(44)37-26)31(43)36-25-16-39(15-21(25)17-41)22-9-11-38(12-10-22)27-6-4-3-5-20(27)14-35/h3-8,13,21-22,25,29,32,37,41,44H,9-12,15-18H2,1-2H3,(H,36,43)/t21?,25-,29?,32?/m0/s1. The fraction of sp³-hybridized carbons (Fsp3) is 0.469. The fourth-order valence-electron chi connectivity index (χ4n) is 6.70. The van der Waals surface area contributed by atoms with E-state index in [0.717, 1.165) is 55.8 Å². The highest BCUT2D eigenvalue weighted by atomic mass is 19.2. The molecule has 2 saturated heterocycles. The number of carbonyl (C=O) groups excluding carboxylic acids is 2. The number of nitrogens with one attached hydrogen (secondary N) is 2. The highest BCUT2D eigenvalue weighted by Crippen LogP contribution is 2.37. The average molecular weight is 641 g/mol. The predicted molar refractivity (Wildman–Crippen MR) is 162 cm³/mol. The molecular weight excluding hydrogens is 602 g/mol. The van der Waals surface area contributed by atoms with Crippen molar-refractivity contribution in [3.63, 3.8) is 0 Å². The summed E-state index contributed by atoms with van der Waals surface area (Å²) < 4.78 is 38.5. The van der Waals surface area contributed by atoms with Crippen molar-refractivity contribution in [3.05, 3.63) is 76.5 Å². The first-order valence-electron chi connectivity index (χ1n) is 15.1. The molecule has 4 N–H and O–H groups in total. The van der Waals surface area contributed by atoms with Crippen molar-refractivity contribution in [2.45, 2.75) is 37.3 Å². The number of esters is 1. The summed E-state index contributed by atoms with van der Waals surface area (Å²) in [5, 5.41) is 36.5. The van der Waals surface area contributed by atoms with E-state index in [-0.39, 0.29) is 42.0 Å². The third kappa shape index (κ3) is 6.63. The number of aliphatic hydroxyl groups is 2. The molecule has 5 rings (SSSR count). The van der Waals surface area contributed by atoms with Gasteiger partial charge in [-0.3, -0.25) is 9.80 Å². The lowest BCUT2D eigenvalue weighted by molar-refractivity contribution is -0.138. The summed E-state index contributed by atoms with van der Waals surface area (Å²) in [7, 11) is 2.51. The number of hydrogen-bond donors (Lipinski definition) is 4. The molecular formula is C32H38F2N6O6. The minimum atomic E-state index is -1.68. The lowest BCUT2D eigenvalue weighted by Crippen LogP contribution is -2.60. The number of urea groups is 1. The number of carbonyl (C=O) groups is 2. The smallest absolute Gasteiger partial charge is 0.338 e. The van der Waals surface area contributed by atoms with Crippen LogP contribution in [0.5, 0.6) is 0 Å². The molecule has 46 heavy (non-hydrogen) atoms. The Kier molecular flexibility index (Phi) is 10.4. The first-order chi connectivity index (χ1) is 22.2. The maximum atomic E-state index is 14.4. The third-order valence-corrected chi connectivity index (χ3v) is 8.99. The van der Waals surface area contributed by atoms with Crippen LogP contribution in [0, 0.1) is 28.9 Å². The van der Waals surface area contributed by atoms with Gasteiger partial charge in [-0.2, -0.15) is 5.26 Å². The number of nitriles is 1. The maximum absolute atomic E-state index is 14.4. The quantitative estimate of drug-likeness (QED) is 0.315. The van der Waals surface area contributed by atoms with E-state index in [9.17, 15) is 33.8 Å². The molecule has 0 aliphatic carbocycles. The zero-order chi connectivity index (χ0) is 33.0. The van der Waals surface area contributed by atoms with Crippen molar-refractivity contribution in [1.29, 1.82) is 5.26 Å². The second-order valence-corrected chi connectivity index (χ2v) is 11.6. The van der Waals surface area contributed by atoms with E-state index in [1.807, 2.05) is 18.2 Å². The van der Waals surface area contributed by atoms with Gasteiger partial charge in [0, 0.05) is 57.9 Å². The lowest BCUT2D eigenvalue weighted by atomic mass is 9.93. The number of anilines is 1. The topological polar surface area (TPSA) is 151 Å². The van der Waals surface area contributed by atoms with E-state index in [4.69, 9.17) is 9.47 Å². The Morgan fingerprint density at radius 2 is 1.85 bits per heavy atom. The number of rotatable bonds is 8. The van der Waals surface area contributed by atoms with E-state index in [0.29, 0.717) is 18.7 Å². The van der Waals surface area contributed by atoms with Gasteiger partial charge in [-0.1, -0.05) is 18.2 Å². The summed E-state index contributed by atoms with van der Waals surface area (Å²) in [6, 6.07) is 10.2. The number of ether oxygens (including phenoxy) is 2. The largest absolute Gasteiger partial charge is 0.466 e. The number of nitrogens with zero attached hydrogens (tertiary/aromatic N) is 4. The van der Waals surface area contributed by atoms with E-state index in [1.165, 1.54) is 13.2 Å². The molecule has 246 valence electrons. The van der Waals surface area contributed by atoms with Crippen LogP contribution in [0.3, 0.4) is 0 Å². The Balaban J connectivity index is 1.35. The van der Waals surface area contributed by atoms with Gasteiger partial charge in [0.25, 0.3) is 0 Å². The summed E-state index contributed by atoms with van der Waals surface area (Å²) in [5.74, 6) is -3.50. The van der Waals surface area contributed by atoms with Crippen molar-refractivity contribution >= 4 is 17.7 Å². The normalized spacial score (nSPS) is 24.0. The van der Waals surface area contributed by atoms with Gasteiger partial charge < -0.3 is 35.2 Å². The van der Waals surface area contributed by atoms with Crippen LogP contribution < -0.4 is 15.5 Å². The molecule has 2 aromatic carbocycles. The van der Waals surface area contributed by atoms with Crippen molar-refractivity contribution < 1.29 is 38.1 Å². The Labute approximate surface area is 265 Å². The van der Waals surface area contributed by atoms with Crippen LogP contribution in [0.2, 0.25) is 0 Å². The molecule has 14 heteroatoms. The number of hydrogen-bond acceptors (Lipinski definition) is 10. The summed E-state index contributed by atoms with van der Waals surface area (Å²) in [5.41, 5.74) is 1.56. The molecule has 0 bridgehead atoms. The molecule has 4 atom stereocenters. The van der Waals surface area contributed by atoms with Crippen LogP contribution in [0.4, 0.5) is 19.3 Å². The number of likely N-dealkylation sites (tertiary alicyclic amines) is 1. The van der Waals surface area contributed by atoms with Gasteiger partial charge in [-0.25, -0.2) is 18.4 Å². The number of methoxy groups -OCH3 is 2. The van der Waals surface area contributed by atoms with Crippen LogP contribution in [0.1, 0.15) is 30.0 Å². The van der Waals surface area contributed by atoms with E-state index in [1.54, 1.807) is 6.07 Å². The molecule has 3 unspecified atom stereocenters. The first-order valence-corrected chi connectivity index (χ1v) is 15.1. The Bertz CT molecular complexity index is 1510. The van der Waals surface area contributed by atoms with E-state index >= 15 is 0 Å². The second-order valence-electron chi connectivity index (χ2n) is 11.6. The van der Waals surface area contributed by atoms with Gasteiger partial charge in [0.1, 0.15) is 6.07 Å². The summed E-state index contributed by atoms with van der Waals surface area (Å²) in [6.45, 7) is 2.08. The molecule has 3 heterocycles. The van der Waals surface area contributed by atoms with Crippen LogP contribution >= 0.6 is 0 Å². The van der Waals surface area contributed by atoms with Crippen molar-refractivity contribution in [3.8, 4) is 6.07 Å². The van der Waals surface area contributed by atoms with E-state index < -0.39 is 42.1 Å². The predicted octanol–water partition coefficient (Wildman–Crippen LogP) is 1.80. The molecule has 3 aliphatic heterocycles. The Morgan fingerprint density at radius 3 is 2.50 bits per heavy atom. The fourth-order valence-corrected chi connectivity index (χ4v) is 6.70. The molecule has 12 nitrogen and oxygen atoms in total. The SMILES string of the molecule is COCC1=C(C(=O)OC)C(c2ccc(F)c(F)c2)N(C(=O)N[C@H]2CN(C3CCN(c4ccccc4C#N)CC3)CC2CO)C(O)N1. The first kappa shape index (κ1) is 33.1. The van der Waals surface area contributed by atoms with Crippen LogP contribution in [0.15, 0.2) is 53.7 Å². The number of aliphatic hydroxyl groups excluding tert-OH is 2. The molecule has 0 aromatic heterocycles. The van der Waals surface area contributed by atoms with Crippen molar-refractivity contribution in [2.75, 3.05) is 58.5 Å². The summed E-state index contributed by atoms with van der Waals surface area (Å²) in [6.07, 6.45) is -0.0373. The van der Waals surface area contributed by atoms with Gasteiger partial charge in [-0.15, -0.1) is 0 Å². The number of amides is 2. The average Bonchev–Trinajstić information content (AvgIpc) is 3.48. The Hall–Kier alpha value is -4.29. The minimum Gasteiger partial charge on any atom is -0.466 e. The van der Waals surface area contributed by atoms with Gasteiger partial charge in [-0.05, 0) is 42.7 Å². The summed E-state index contributed by atoms with van der Waals surface area (Å²) >= 11 is 0. The van der Waals surface area contributed by atoms with Crippen LogP contribution in [-0.4, -0.2) is 104 Å². The number of benzene rings is 2. The van der Waals surface area contributed by atoms with Gasteiger partial charge in [0.2, 0.25) is 6.35 Å². The number of piperidine rings is 1. The van der Waals surface area contributed by atoms with Crippen LogP contribution in [-0.2, 0) is 14.3 Å².